The maximum atomic E-state index is 10.9. The van der Waals surface area contributed by atoms with E-state index in [-0.39, 0.29) is 6.42 Å². The highest BCUT2D eigenvalue weighted by atomic mass is 16.4. The minimum atomic E-state index is -0.705. The van der Waals surface area contributed by atoms with Gasteiger partial charge in [-0.05, 0) is 47.0 Å². The fourth-order valence-corrected chi connectivity index (χ4v) is 3.31. The van der Waals surface area contributed by atoms with E-state index in [0.717, 1.165) is 25.5 Å². The second-order valence-electron chi connectivity index (χ2n) is 7.65. The van der Waals surface area contributed by atoms with Crippen LogP contribution in [0.2, 0.25) is 0 Å². The zero-order valence-electron chi connectivity index (χ0n) is 16.6. The lowest BCUT2D eigenvalue weighted by atomic mass is 9.94. The molecule has 146 valence electrons. The molecule has 6 nitrogen and oxygen atoms in total. The second-order valence-corrected chi connectivity index (χ2v) is 7.65. The van der Waals surface area contributed by atoms with Crippen LogP contribution in [0.5, 0.6) is 0 Å². The molecule has 1 saturated carbocycles. The molecule has 25 heavy (non-hydrogen) atoms. The SMILES string of the molecule is CC(C)NC(=NCCCN(CCC(=O)O)C1CCCCC1)NC(C)C. The first-order chi connectivity index (χ1) is 11.9. The number of hydrogen-bond donors (Lipinski definition) is 3. The van der Waals surface area contributed by atoms with E-state index in [1.807, 2.05) is 0 Å². The Morgan fingerprint density at radius 3 is 2.20 bits per heavy atom. The Hall–Kier alpha value is -1.30. The van der Waals surface area contributed by atoms with Gasteiger partial charge in [0.1, 0.15) is 0 Å². The number of aliphatic imine (C=N–C) groups is 1. The summed E-state index contributed by atoms with van der Waals surface area (Å²) < 4.78 is 0. The van der Waals surface area contributed by atoms with Crippen LogP contribution in [0.25, 0.3) is 0 Å². The number of hydrogen-bond acceptors (Lipinski definition) is 3. The molecule has 0 aliphatic heterocycles. The number of carboxylic acid groups (broad SMARTS) is 1. The van der Waals surface area contributed by atoms with Gasteiger partial charge >= 0.3 is 5.97 Å². The third-order valence-electron chi connectivity index (χ3n) is 4.43. The molecule has 0 bridgehead atoms. The quantitative estimate of drug-likeness (QED) is 0.319. The van der Waals surface area contributed by atoms with Crippen molar-refractivity contribution < 1.29 is 9.90 Å². The lowest BCUT2D eigenvalue weighted by molar-refractivity contribution is -0.137. The van der Waals surface area contributed by atoms with E-state index in [1.165, 1.54) is 32.1 Å². The van der Waals surface area contributed by atoms with Crippen molar-refractivity contribution in [3.05, 3.63) is 0 Å². The van der Waals surface area contributed by atoms with Gasteiger partial charge in [0.05, 0.1) is 6.42 Å². The fourth-order valence-electron chi connectivity index (χ4n) is 3.31. The van der Waals surface area contributed by atoms with E-state index in [0.29, 0.717) is 24.7 Å². The van der Waals surface area contributed by atoms with Crippen LogP contribution in [-0.2, 0) is 4.79 Å². The van der Waals surface area contributed by atoms with Gasteiger partial charge < -0.3 is 15.7 Å². The Bertz CT molecular complexity index is 392. The summed E-state index contributed by atoms with van der Waals surface area (Å²) in [5, 5.41) is 15.7. The molecule has 1 fully saturated rings. The average molecular weight is 355 g/mol. The summed E-state index contributed by atoms with van der Waals surface area (Å²) in [6.07, 6.45) is 7.46. The molecule has 0 atom stereocenters. The van der Waals surface area contributed by atoms with Crippen LogP contribution in [0.1, 0.15) is 72.6 Å². The van der Waals surface area contributed by atoms with Crippen molar-refractivity contribution in [2.45, 2.75) is 90.8 Å². The van der Waals surface area contributed by atoms with Gasteiger partial charge in [0.15, 0.2) is 5.96 Å². The molecular formula is C19H38N4O2. The monoisotopic (exact) mass is 354 g/mol. The third-order valence-corrected chi connectivity index (χ3v) is 4.43. The highest BCUT2D eigenvalue weighted by Crippen LogP contribution is 2.22. The van der Waals surface area contributed by atoms with Crippen molar-refractivity contribution in [3.8, 4) is 0 Å². The summed E-state index contributed by atoms with van der Waals surface area (Å²) >= 11 is 0. The summed E-state index contributed by atoms with van der Waals surface area (Å²) in [5.74, 6) is 0.156. The van der Waals surface area contributed by atoms with Gasteiger partial charge in [-0.1, -0.05) is 19.3 Å². The van der Waals surface area contributed by atoms with E-state index in [1.54, 1.807) is 0 Å². The highest BCUT2D eigenvalue weighted by Gasteiger charge is 2.21. The Morgan fingerprint density at radius 2 is 1.68 bits per heavy atom. The Labute approximate surface area is 153 Å². The van der Waals surface area contributed by atoms with Crippen LogP contribution in [0.3, 0.4) is 0 Å². The topological polar surface area (TPSA) is 77.0 Å². The van der Waals surface area contributed by atoms with Crippen LogP contribution in [0, 0.1) is 0 Å². The molecule has 6 heteroatoms. The molecule has 3 N–H and O–H groups in total. The zero-order chi connectivity index (χ0) is 18.7. The van der Waals surface area contributed by atoms with Gasteiger partial charge in [-0.25, -0.2) is 0 Å². The minimum Gasteiger partial charge on any atom is -0.481 e. The molecule has 0 aromatic rings. The predicted octanol–water partition coefficient (Wildman–Crippen LogP) is 2.84. The molecule has 1 aliphatic rings. The minimum absolute atomic E-state index is 0.231. The first kappa shape index (κ1) is 21.7. The summed E-state index contributed by atoms with van der Waals surface area (Å²) in [4.78, 5) is 18.0. The Kier molecular flexibility index (Phi) is 10.5. The van der Waals surface area contributed by atoms with Crippen molar-refractivity contribution >= 4 is 11.9 Å². The van der Waals surface area contributed by atoms with Crippen LogP contribution in [-0.4, -0.2) is 59.7 Å². The first-order valence-electron chi connectivity index (χ1n) is 9.92. The van der Waals surface area contributed by atoms with E-state index in [9.17, 15) is 4.79 Å². The number of nitrogens with one attached hydrogen (secondary N) is 2. The van der Waals surface area contributed by atoms with Gasteiger partial charge in [-0.15, -0.1) is 0 Å². The van der Waals surface area contributed by atoms with Gasteiger partial charge in [0.25, 0.3) is 0 Å². The maximum absolute atomic E-state index is 10.9. The number of carbonyl (C=O) groups is 1. The molecule has 0 saturated heterocycles. The van der Waals surface area contributed by atoms with E-state index < -0.39 is 5.97 Å². The van der Waals surface area contributed by atoms with Gasteiger partial charge in [0, 0.05) is 37.8 Å². The van der Waals surface area contributed by atoms with E-state index in [2.05, 4.69) is 48.2 Å². The number of carboxylic acids is 1. The van der Waals surface area contributed by atoms with Crippen molar-refractivity contribution in [2.24, 2.45) is 4.99 Å². The second kappa shape index (κ2) is 12.1. The van der Waals surface area contributed by atoms with Crippen molar-refractivity contribution in [2.75, 3.05) is 19.6 Å². The summed E-state index contributed by atoms with van der Waals surface area (Å²) in [7, 11) is 0. The molecule has 0 spiro atoms. The standard InChI is InChI=1S/C19H38N4O2/c1-15(2)21-19(22-16(3)4)20-12-8-13-23(14-11-18(24)25)17-9-6-5-7-10-17/h15-17H,5-14H2,1-4H3,(H,24,25)(H2,20,21,22). The molecule has 0 unspecified atom stereocenters. The van der Waals surface area contributed by atoms with Crippen LogP contribution in [0.4, 0.5) is 0 Å². The first-order valence-corrected chi connectivity index (χ1v) is 9.92. The normalized spacial score (nSPS) is 15.6. The third kappa shape index (κ3) is 10.3. The zero-order valence-corrected chi connectivity index (χ0v) is 16.6. The lowest BCUT2D eigenvalue weighted by Gasteiger charge is -2.34. The summed E-state index contributed by atoms with van der Waals surface area (Å²) in [6.45, 7) is 10.8. The summed E-state index contributed by atoms with van der Waals surface area (Å²) in [6, 6.07) is 1.25. The molecule has 0 amide bonds. The Balaban J connectivity index is 2.49. The van der Waals surface area contributed by atoms with Crippen molar-refractivity contribution in [3.63, 3.8) is 0 Å². The lowest BCUT2D eigenvalue weighted by Crippen LogP contribution is -2.44. The van der Waals surface area contributed by atoms with E-state index >= 15 is 0 Å². The van der Waals surface area contributed by atoms with Crippen LogP contribution >= 0.6 is 0 Å². The van der Waals surface area contributed by atoms with Gasteiger partial charge in [-0.3, -0.25) is 14.7 Å². The number of guanidine groups is 1. The molecule has 0 aromatic carbocycles. The van der Waals surface area contributed by atoms with Crippen LogP contribution in [0.15, 0.2) is 4.99 Å². The summed E-state index contributed by atoms with van der Waals surface area (Å²) in [5.41, 5.74) is 0. The predicted molar refractivity (Wildman–Crippen MR) is 104 cm³/mol. The van der Waals surface area contributed by atoms with Gasteiger partial charge in [-0.2, -0.15) is 0 Å². The molecule has 0 heterocycles. The fraction of sp³-hybridized carbons (Fsp3) is 0.895. The van der Waals surface area contributed by atoms with Gasteiger partial charge in [0.2, 0.25) is 0 Å². The smallest absolute Gasteiger partial charge is 0.304 e. The molecule has 0 aromatic heterocycles. The molecule has 0 radical (unpaired) electrons. The molecule has 1 rings (SSSR count). The Morgan fingerprint density at radius 1 is 1.08 bits per heavy atom. The average Bonchev–Trinajstić information content (AvgIpc) is 2.53. The van der Waals surface area contributed by atoms with E-state index in [4.69, 9.17) is 5.11 Å². The highest BCUT2D eigenvalue weighted by molar-refractivity contribution is 5.80. The molecule has 1 aliphatic carbocycles. The maximum Gasteiger partial charge on any atom is 0.304 e. The van der Waals surface area contributed by atoms with Crippen molar-refractivity contribution in [1.82, 2.24) is 15.5 Å². The number of rotatable bonds is 10. The number of aliphatic carboxylic acids is 1. The number of nitrogens with zero attached hydrogens (tertiary/aromatic N) is 2. The van der Waals surface area contributed by atoms with Crippen molar-refractivity contribution in [1.29, 1.82) is 0 Å². The van der Waals surface area contributed by atoms with Crippen LogP contribution < -0.4 is 10.6 Å². The molecular weight excluding hydrogens is 316 g/mol. The largest absolute Gasteiger partial charge is 0.481 e.